The zero-order chi connectivity index (χ0) is 14.4. The lowest BCUT2D eigenvalue weighted by Gasteiger charge is -2.13. The highest BCUT2D eigenvalue weighted by molar-refractivity contribution is 9.10. The summed E-state index contributed by atoms with van der Waals surface area (Å²) in [5.74, 6) is 0.835. The van der Waals surface area contributed by atoms with Gasteiger partial charge in [0.1, 0.15) is 12.4 Å². The first kappa shape index (κ1) is 14.6. The van der Waals surface area contributed by atoms with Crippen LogP contribution in [0.2, 0.25) is 0 Å². The van der Waals surface area contributed by atoms with Gasteiger partial charge < -0.3 is 10.5 Å². The van der Waals surface area contributed by atoms with Crippen molar-refractivity contribution < 1.29 is 4.74 Å². The van der Waals surface area contributed by atoms with E-state index in [4.69, 9.17) is 15.7 Å². The summed E-state index contributed by atoms with van der Waals surface area (Å²) < 4.78 is 6.82. The number of hydrogen-bond donors (Lipinski definition) is 1. The molecule has 0 aliphatic heterocycles. The van der Waals surface area contributed by atoms with Gasteiger partial charge in [0.15, 0.2) is 0 Å². The Balaban J connectivity index is 2.12. The van der Waals surface area contributed by atoms with Crippen molar-refractivity contribution in [2.45, 2.75) is 13.0 Å². The topological polar surface area (TPSA) is 59.0 Å². The number of rotatable bonds is 5. The van der Waals surface area contributed by atoms with Crippen LogP contribution in [-0.2, 0) is 13.0 Å². The molecule has 0 bridgehead atoms. The number of para-hydroxylation sites is 1. The fourth-order valence-corrected chi connectivity index (χ4v) is 2.42. The van der Waals surface area contributed by atoms with Crippen LogP contribution in [0.3, 0.4) is 0 Å². The second-order valence-electron chi connectivity index (χ2n) is 4.36. The molecule has 3 nitrogen and oxygen atoms in total. The molecule has 0 fully saturated rings. The van der Waals surface area contributed by atoms with Crippen molar-refractivity contribution in [3.63, 3.8) is 0 Å². The first-order valence-electron chi connectivity index (χ1n) is 6.34. The molecule has 0 spiro atoms. The summed E-state index contributed by atoms with van der Waals surface area (Å²) >= 11 is 3.50. The van der Waals surface area contributed by atoms with Gasteiger partial charge in [0, 0.05) is 0 Å². The third kappa shape index (κ3) is 3.60. The van der Waals surface area contributed by atoms with Gasteiger partial charge in [0.05, 0.1) is 16.1 Å². The van der Waals surface area contributed by atoms with E-state index in [2.05, 4.69) is 22.0 Å². The van der Waals surface area contributed by atoms with E-state index in [0.717, 1.165) is 27.8 Å². The number of nitriles is 1. The Labute approximate surface area is 127 Å². The highest BCUT2D eigenvalue weighted by Gasteiger charge is 2.07. The van der Waals surface area contributed by atoms with Crippen LogP contribution in [0.25, 0.3) is 0 Å². The van der Waals surface area contributed by atoms with Gasteiger partial charge in [0.2, 0.25) is 0 Å². The average molecular weight is 331 g/mol. The van der Waals surface area contributed by atoms with Gasteiger partial charge in [-0.25, -0.2) is 0 Å². The molecule has 0 radical (unpaired) electrons. The molecule has 102 valence electrons. The second-order valence-corrected chi connectivity index (χ2v) is 5.22. The molecule has 0 saturated carbocycles. The third-order valence-corrected chi connectivity index (χ3v) is 3.55. The quantitative estimate of drug-likeness (QED) is 0.913. The van der Waals surface area contributed by atoms with Crippen LogP contribution in [0.4, 0.5) is 0 Å². The van der Waals surface area contributed by atoms with E-state index in [1.54, 1.807) is 12.1 Å². The summed E-state index contributed by atoms with van der Waals surface area (Å²) in [4.78, 5) is 0. The van der Waals surface area contributed by atoms with E-state index in [9.17, 15) is 0 Å². The van der Waals surface area contributed by atoms with Gasteiger partial charge in [-0.1, -0.05) is 24.3 Å². The minimum Gasteiger partial charge on any atom is -0.487 e. The van der Waals surface area contributed by atoms with Crippen LogP contribution in [0.15, 0.2) is 46.9 Å². The standard InChI is InChI=1S/C16H15BrN2O/c17-15-3-1-2-14(8-9-18)16(15)20-11-13-6-4-12(10-19)5-7-13/h1-7H,8-9,11,18H2. The molecule has 0 atom stereocenters. The summed E-state index contributed by atoms with van der Waals surface area (Å²) in [5, 5.41) is 8.77. The Morgan fingerprint density at radius 3 is 2.55 bits per heavy atom. The lowest BCUT2D eigenvalue weighted by Crippen LogP contribution is -2.06. The van der Waals surface area contributed by atoms with E-state index in [-0.39, 0.29) is 0 Å². The van der Waals surface area contributed by atoms with E-state index >= 15 is 0 Å². The number of nitrogens with two attached hydrogens (primary N) is 1. The Morgan fingerprint density at radius 1 is 1.15 bits per heavy atom. The summed E-state index contributed by atoms with van der Waals surface area (Å²) in [6.45, 7) is 1.05. The highest BCUT2D eigenvalue weighted by atomic mass is 79.9. The van der Waals surface area contributed by atoms with Gasteiger partial charge in [-0.3, -0.25) is 0 Å². The first-order chi connectivity index (χ1) is 9.74. The maximum absolute atomic E-state index is 8.77. The predicted molar refractivity (Wildman–Crippen MR) is 82.4 cm³/mol. The van der Waals surface area contributed by atoms with E-state index in [1.165, 1.54) is 0 Å². The summed E-state index contributed by atoms with van der Waals surface area (Å²) in [7, 11) is 0. The molecule has 4 heteroatoms. The van der Waals surface area contributed by atoms with Crippen LogP contribution in [0.5, 0.6) is 5.75 Å². The van der Waals surface area contributed by atoms with Crippen molar-refractivity contribution in [1.29, 1.82) is 5.26 Å². The number of halogens is 1. The van der Waals surface area contributed by atoms with Crippen molar-refractivity contribution in [1.82, 2.24) is 0 Å². The summed E-state index contributed by atoms with van der Waals surface area (Å²) in [6, 6.07) is 15.4. The van der Waals surface area contributed by atoms with Gasteiger partial charge in [-0.05, 0) is 58.2 Å². The van der Waals surface area contributed by atoms with Crippen LogP contribution in [-0.4, -0.2) is 6.54 Å². The van der Waals surface area contributed by atoms with Crippen molar-refractivity contribution >= 4 is 15.9 Å². The molecule has 2 aromatic carbocycles. The Kier molecular flexibility index (Phi) is 5.16. The number of nitrogens with zero attached hydrogens (tertiary/aromatic N) is 1. The Hall–Kier alpha value is -1.83. The number of benzene rings is 2. The molecule has 2 N–H and O–H groups in total. The van der Waals surface area contributed by atoms with Crippen LogP contribution < -0.4 is 10.5 Å². The molecule has 20 heavy (non-hydrogen) atoms. The van der Waals surface area contributed by atoms with Crippen molar-refractivity contribution in [3.8, 4) is 11.8 Å². The molecular weight excluding hydrogens is 316 g/mol. The van der Waals surface area contributed by atoms with E-state index in [0.29, 0.717) is 18.7 Å². The lowest BCUT2D eigenvalue weighted by atomic mass is 10.1. The monoisotopic (exact) mass is 330 g/mol. The van der Waals surface area contributed by atoms with Crippen LogP contribution in [0.1, 0.15) is 16.7 Å². The van der Waals surface area contributed by atoms with Gasteiger partial charge >= 0.3 is 0 Å². The van der Waals surface area contributed by atoms with Crippen LogP contribution in [0, 0.1) is 11.3 Å². The minimum absolute atomic E-state index is 0.464. The number of ether oxygens (including phenoxy) is 1. The minimum atomic E-state index is 0.464. The summed E-state index contributed by atoms with van der Waals surface area (Å²) in [6.07, 6.45) is 0.780. The van der Waals surface area contributed by atoms with Gasteiger partial charge in [-0.2, -0.15) is 5.26 Å². The zero-order valence-corrected chi connectivity index (χ0v) is 12.6. The molecule has 0 saturated heterocycles. The highest BCUT2D eigenvalue weighted by Crippen LogP contribution is 2.30. The molecule has 0 aliphatic carbocycles. The van der Waals surface area contributed by atoms with Gasteiger partial charge in [-0.15, -0.1) is 0 Å². The molecule has 0 unspecified atom stereocenters. The predicted octanol–water partition coefficient (Wildman–Crippen LogP) is 3.40. The molecule has 2 aromatic rings. The molecule has 0 heterocycles. The molecular formula is C16H15BrN2O. The maximum atomic E-state index is 8.77. The smallest absolute Gasteiger partial charge is 0.137 e. The van der Waals surface area contributed by atoms with Crippen molar-refractivity contribution in [2.24, 2.45) is 5.73 Å². The van der Waals surface area contributed by atoms with Gasteiger partial charge in [0.25, 0.3) is 0 Å². The summed E-state index contributed by atoms with van der Waals surface area (Å²) in [5.41, 5.74) is 8.39. The van der Waals surface area contributed by atoms with Crippen molar-refractivity contribution in [3.05, 3.63) is 63.6 Å². The molecule has 0 aromatic heterocycles. The first-order valence-corrected chi connectivity index (χ1v) is 7.13. The zero-order valence-electron chi connectivity index (χ0n) is 11.0. The largest absolute Gasteiger partial charge is 0.487 e. The third-order valence-electron chi connectivity index (χ3n) is 2.93. The Morgan fingerprint density at radius 2 is 1.90 bits per heavy atom. The lowest BCUT2D eigenvalue weighted by molar-refractivity contribution is 0.301. The number of hydrogen-bond acceptors (Lipinski definition) is 3. The normalized spacial score (nSPS) is 10.1. The average Bonchev–Trinajstić information content (AvgIpc) is 2.47. The molecule has 2 rings (SSSR count). The Bertz CT molecular complexity index is 617. The molecule has 0 amide bonds. The maximum Gasteiger partial charge on any atom is 0.137 e. The van der Waals surface area contributed by atoms with Crippen molar-refractivity contribution in [2.75, 3.05) is 6.54 Å². The fraction of sp³-hybridized carbons (Fsp3) is 0.188. The second kappa shape index (κ2) is 7.09. The molecule has 0 aliphatic rings. The van der Waals surface area contributed by atoms with E-state index in [1.807, 2.05) is 30.3 Å². The van der Waals surface area contributed by atoms with E-state index < -0.39 is 0 Å². The fourth-order valence-electron chi connectivity index (χ4n) is 1.90. The van der Waals surface area contributed by atoms with Crippen LogP contribution >= 0.6 is 15.9 Å². The SMILES string of the molecule is N#Cc1ccc(COc2c(Br)cccc2CCN)cc1.